The van der Waals surface area contributed by atoms with Crippen LogP contribution in [-0.2, 0) is 4.79 Å². The van der Waals surface area contributed by atoms with Gasteiger partial charge in [0.2, 0.25) is 11.7 Å². The van der Waals surface area contributed by atoms with Crippen LogP contribution >= 0.6 is 0 Å². The number of hydrogen-bond donors (Lipinski definition) is 2. The van der Waals surface area contributed by atoms with Crippen molar-refractivity contribution in [2.75, 3.05) is 19.8 Å². The molecule has 7 heteroatoms. The Morgan fingerprint density at radius 3 is 1.92 bits per heavy atom. The summed E-state index contributed by atoms with van der Waals surface area (Å²) in [6, 6.07) is 3.15. The molecule has 0 aromatic heterocycles. The summed E-state index contributed by atoms with van der Waals surface area (Å²) in [5.41, 5.74) is 5.16. The third kappa shape index (κ3) is 6.82. The molecule has 0 aliphatic heterocycles. The molecule has 2 amide bonds. The van der Waals surface area contributed by atoms with E-state index in [9.17, 15) is 9.59 Å². The van der Waals surface area contributed by atoms with Crippen LogP contribution < -0.4 is 25.1 Å². The van der Waals surface area contributed by atoms with E-state index in [1.54, 1.807) is 12.1 Å². The summed E-state index contributed by atoms with van der Waals surface area (Å²) in [4.78, 5) is 24.2. The predicted molar refractivity (Wildman–Crippen MR) is 99.6 cm³/mol. The highest BCUT2D eigenvalue weighted by Crippen LogP contribution is 2.39. The molecule has 1 aromatic rings. The van der Waals surface area contributed by atoms with E-state index >= 15 is 0 Å². The van der Waals surface area contributed by atoms with Crippen molar-refractivity contribution in [2.45, 2.75) is 47.5 Å². The molecule has 0 radical (unpaired) electrons. The summed E-state index contributed by atoms with van der Waals surface area (Å²) >= 11 is 0. The molecule has 0 aliphatic rings. The largest absolute Gasteiger partial charge is 0.490 e. The summed E-state index contributed by atoms with van der Waals surface area (Å²) in [6.07, 6.45) is 1.11. The van der Waals surface area contributed by atoms with Gasteiger partial charge in [-0.2, -0.15) is 0 Å². The maximum atomic E-state index is 12.4. The molecule has 2 N–H and O–H groups in total. The second-order valence-corrected chi connectivity index (χ2v) is 6.04. The SMILES string of the molecule is CCOc1cc(C(=O)NNC(=O)CCC(C)C)cc(OCC)c1OCC. The van der Waals surface area contributed by atoms with Crippen LogP contribution in [0.2, 0.25) is 0 Å². The fourth-order valence-corrected chi connectivity index (χ4v) is 2.20. The average molecular weight is 366 g/mol. The molecule has 0 saturated heterocycles. The molecule has 7 nitrogen and oxygen atoms in total. The van der Waals surface area contributed by atoms with E-state index in [4.69, 9.17) is 14.2 Å². The standard InChI is InChI=1S/C19H30N2O5/c1-6-24-15-11-14(12-16(25-7-2)18(15)26-8-3)19(23)21-20-17(22)10-9-13(4)5/h11-13H,6-10H2,1-5H3,(H,20,22)(H,21,23). The van der Waals surface area contributed by atoms with E-state index in [0.717, 1.165) is 6.42 Å². The van der Waals surface area contributed by atoms with E-state index in [2.05, 4.69) is 10.9 Å². The van der Waals surface area contributed by atoms with Gasteiger partial charge in [-0.05, 0) is 45.2 Å². The van der Waals surface area contributed by atoms with Crippen LogP contribution in [0.15, 0.2) is 12.1 Å². The first-order valence-corrected chi connectivity index (χ1v) is 9.08. The van der Waals surface area contributed by atoms with Crippen LogP contribution in [0, 0.1) is 5.92 Å². The number of benzene rings is 1. The van der Waals surface area contributed by atoms with Crippen molar-refractivity contribution in [2.24, 2.45) is 5.92 Å². The first-order chi connectivity index (χ1) is 12.4. The van der Waals surface area contributed by atoms with Crippen molar-refractivity contribution < 1.29 is 23.8 Å². The third-order valence-electron chi connectivity index (χ3n) is 3.44. The zero-order valence-electron chi connectivity index (χ0n) is 16.3. The monoisotopic (exact) mass is 366 g/mol. The summed E-state index contributed by atoms with van der Waals surface area (Å²) in [5.74, 6) is 1.06. The zero-order valence-corrected chi connectivity index (χ0v) is 16.3. The molecule has 26 heavy (non-hydrogen) atoms. The average Bonchev–Trinajstić information content (AvgIpc) is 2.60. The van der Waals surface area contributed by atoms with Crippen molar-refractivity contribution in [1.29, 1.82) is 0 Å². The van der Waals surface area contributed by atoms with Gasteiger partial charge in [0.1, 0.15) is 0 Å². The van der Waals surface area contributed by atoms with E-state index in [0.29, 0.717) is 55.0 Å². The van der Waals surface area contributed by atoms with Gasteiger partial charge in [0.05, 0.1) is 19.8 Å². The Morgan fingerprint density at radius 2 is 1.46 bits per heavy atom. The summed E-state index contributed by atoms with van der Waals surface area (Å²) in [6.45, 7) is 10.9. The van der Waals surface area contributed by atoms with Gasteiger partial charge in [-0.15, -0.1) is 0 Å². The Kier molecular flexibility index (Phi) is 9.33. The fourth-order valence-electron chi connectivity index (χ4n) is 2.20. The van der Waals surface area contributed by atoms with Gasteiger partial charge < -0.3 is 14.2 Å². The molecule has 0 bridgehead atoms. The highest BCUT2D eigenvalue weighted by Gasteiger charge is 2.18. The molecule has 1 rings (SSSR count). The molecule has 0 atom stereocenters. The number of amides is 2. The van der Waals surface area contributed by atoms with Crippen LogP contribution in [0.1, 0.15) is 57.8 Å². The van der Waals surface area contributed by atoms with Crippen LogP contribution in [0.5, 0.6) is 17.2 Å². The number of carbonyl (C=O) groups excluding carboxylic acids is 2. The maximum absolute atomic E-state index is 12.4. The molecule has 0 unspecified atom stereocenters. The highest BCUT2D eigenvalue weighted by molar-refractivity contribution is 5.96. The van der Waals surface area contributed by atoms with Gasteiger partial charge in [0.25, 0.3) is 5.91 Å². The summed E-state index contributed by atoms with van der Waals surface area (Å²) < 4.78 is 16.8. The lowest BCUT2D eigenvalue weighted by Crippen LogP contribution is -2.41. The minimum absolute atomic E-state index is 0.229. The highest BCUT2D eigenvalue weighted by atomic mass is 16.5. The Hall–Kier alpha value is -2.44. The van der Waals surface area contributed by atoms with Crippen molar-refractivity contribution in [3.63, 3.8) is 0 Å². The van der Waals surface area contributed by atoms with Crippen molar-refractivity contribution in [3.05, 3.63) is 17.7 Å². The molecular weight excluding hydrogens is 336 g/mol. The Bertz CT molecular complexity index is 575. The quantitative estimate of drug-likeness (QED) is 0.622. The van der Waals surface area contributed by atoms with E-state index < -0.39 is 5.91 Å². The lowest BCUT2D eigenvalue weighted by molar-refractivity contribution is -0.122. The number of hydrazine groups is 1. The van der Waals surface area contributed by atoms with Crippen LogP contribution in [-0.4, -0.2) is 31.6 Å². The number of hydrogen-bond acceptors (Lipinski definition) is 5. The fraction of sp³-hybridized carbons (Fsp3) is 0.579. The van der Waals surface area contributed by atoms with Gasteiger partial charge in [-0.25, -0.2) is 0 Å². The maximum Gasteiger partial charge on any atom is 0.269 e. The first kappa shape index (κ1) is 21.6. The number of nitrogens with one attached hydrogen (secondary N) is 2. The minimum Gasteiger partial charge on any atom is -0.490 e. The topological polar surface area (TPSA) is 85.9 Å². The minimum atomic E-state index is -0.451. The normalized spacial score (nSPS) is 10.4. The summed E-state index contributed by atoms with van der Waals surface area (Å²) in [5, 5.41) is 0. The van der Waals surface area contributed by atoms with Crippen LogP contribution in [0.3, 0.4) is 0 Å². The number of ether oxygens (including phenoxy) is 3. The molecule has 0 fully saturated rings. The molecule has 0 aliphatic carbocycles. The van der Waals surface area contributed by atoms with Gasteiger partial charge >= 0.3 is 0 Å². The lowest BCUT2D eigenvalue weighted by Gasteiger charge is -2.17. The smallest absolute Gasteiger partial charge is 0.269 e. The van der Waals surface area contributed by atoms with E-state index in [1.165, 1.54) is 0 Å². The Labute approximate surface area is 155 Å². The van der Waals surface area contributed by atoms with Gasteiger partial charge in [-0.1, -0.05) is 13.8 Å². The molecule has 146 valence electrons. The zero-order chi connectivity index (χ0) is 19.5. The molecule has 0 spiro atoms. The predicted octanol–water partition coefficient (Wildman–Crippen LogP) is 3.08. The number of carbonyl (C=O) groups is 2. The Morgan fingerprint density at radius 1 is 0.923 bits per heavy atom. The first-order valence-electron chi connectivity index (χ1n) is 9.08. The summed E-state index contributed by atoms with van der Waals surface area (Å²) in [7, 11) is 0. The molecular formula is C19H30N2O5. The van der Waals surface area contributed by atoms with Gasteiger partial charge in [0, 0.05) is 12.0 Å². The van der Waals surface area contributed by atoms with Crippen molar-refractivity contribution >= 4 is 11.8 Å². The van der Waals surface area contributed by atoms with Gasteiger partial charge in [0.15, 0.2) is 11.5 Å². The second kappa shape index (κ2) is 11.2. The van der Waals surface area contributed by atoms with E-state index in [1.807, 2.05) is 34.6 Å². The Balaban J connectivity index is 2.92. The third-order valence-corrected chi connectivity index (χ3v) is 3.44. The van der Waals surface area contributed by atoms with Crippen LogP contribution in [0.4, 0.5) is 0 Å². The van der Waals surface area contributed by atoms with Crippen molar-refractivity contribution in [3.8, 4) is 17.2 Å². The molecule has 1 aromatic carbocycles. The van der Waals surface area contributed by atoms with E-state index in [-0.39, 0.29) is 5.91 Å². The van der Waals surface area contributed by atoms with Crippen molar-refractivity contribution in [1.82, 2.24) is 10.9 Å². The van der Waals surface area contributed by atoms with Crippen LogP contribution in [0.25, 0.3) is 0 Å². The lowest BCUT2D eigenvalue weighted by atomic mass is 10.1. The molecule has 0 saturated carbocycles. The molecule has 0 heterocycles. The van der Waals surface area contributed by atoms with Gasteiger partial charge in [-0.3, -0.25) is 20.4 Å². The second-order valence-electron chi connectivity index (χ2n) is 6.04. The number of rotatable bonds is 10.